The molecule has 2 saturated heterocycles. The van der Waals surface area contributed by atoms with Crippen molar-refractivity contribution in [3.8, 4) is 0 Å². The third-order valence-electron chi connectivity index (χ3n) is 5.94. The molecule has 2 fully saturated rings. The number of nitro groups is 1. The van der Waals surface area contributed by atoms with E-state index in [2.05, 4.69) is 0 Å². The fourth-order valence-corrected chi connectivity index (χ4v) is 4.23. The summed E-state index contributed by atoms with van der Waals surface area (Å²) in [5.41, 5.74) is -0.277. The van der Waals surface area contributed by atoms with Crippen LogP contribution in [0, 0.1) is 16.0 Å². The molecule has 1 aromatic carbocycles. The maximum absolute atomic E-state index is 13.0. The number of hydrogen-bond donors (Lipinski definition) is 0. The lowest BCUT2D eigenvalue weighted by atomic mass is 9.94. The van der Waals surface area contributed by atoms with Crippen LogP contribution in [0.25, 0.3) is 0 Å². The summed E-state index contributed by atoms with van der Waals surface area (Å²) in [7, 11) is 0. The number of carbonyl (C=O) groups is 3. The zero-order chi connectivity index (χ0) is 22.4. The zero-order valence-electron chi connectivity index (χ0n) is 17.9. The molecule has 1 aromatic rings. The monoisotopic (exact) mass is 431 g/mol. The Kier molecular flexibility index (Phi) is 7.59. The van der Waals surface area contributed by atoms with Gasteiger partial charge < -0.3 is 14.5 Å². The van der Waals surface area contributed by atoms with Gasteiger partial charge in [-0.2, -0.15) is 0 Å². The van der Waals surface area contributed by atoms with Crippen LogP contribution in [0.3, 0.4) is 0 Å². The number of esters is 1. The molecule has 168 valence electrons. The predicted octanol–water partition coefficient (Wildman–Crippen LogP) is 3.03. The zero-order valence-corrected chi connectivity index (χ0v) is 17.9. The van der Waals surface area contributed by atoms with Crippen LogP contribution in [0.4, 0.5) is 5.69 Å². The quantitative estimate of drug-likeness (QED) is 0.403. The molecule has 0 atom stereocenters. The Bertz CT molecular complexity index is 840. The third kappa shape index (κ3) is 5.59. The summed E-state index contributed by atoms with van der Waals surface area (Å²) in [5, 5.41) is 11.3. The van der Waals surface area contributed by atoms with Gasteiger partial charge in [0.25, 0.3) is 11.6 Å². The Morgan fingerprint density at radius 3 is 2.16 bits per heavy atom. The molecule has 0 aliphatic carbocycles. The first-order valence-electron chi connectivity index (χ1n) is 11.0. The fourth-order valence-electron chi connectivity index (χ4n) is 4.23. The molecule has 2 aliphatic rings. The summed E-state index contributed by atoms with van der Waals surface area (Å²) in [6, 6.07) is 3.63. The van der Waals surface area contributed by atoms with Gasteiger partial charge in [0, 0.05) is 49.8 Å². The van der Waals surface area contributed by atoms with Crippen molar-refractivity contribution in [3.63, 3.8) is 0 Å². The lowest BCUT2D eigenvalue weighted by Crippen LogP contribution is -2.44. The second kappa shape index (κ2) is 10.4. The van der Waals surface area contributed by atoms with Crippen molar-refractivity contribution in [2.75, 3.05) is 32.8 Å². The van der Waals surface area contributed by atoms with Gasteiger partial charge in [0.05, 0.1) is 17.1 Å². The van der Waals surface area contributed by atoms with E-state index < -0.39 is 10.9 Å². The Morgan fingerprint density at radius 1 is 0.968 bits per heavy atom. The number of non-ortho nitro benzene ring substituents is 1. The summed E-state index contributed by atoms with van der Waals surface area (Å²) in [6.45, 7) is 4.19. The van der Waals surface area contributed by atoms with Crippen LogP contribution < -0.4 is 0 Å². The van der Waals surface area contributed by atoms with Gasteiger partial charge in [-0.15, -0.1) is 0 Å². The lowest BCUT2D eigenvalue weighted by Gasteiger charge is -2.34. The molecule has 31 heavy (non-hydrogen) atoms. The van der Waals surface area contributed by atoms with Crippen LogP contribution >= 0.6 is 0 Å². The van der Waals surface area contributed by atoms with Gasteiger partial charge in [-0.25, -0.2) is 4.79 Å². The SMILES string of the molecule is CCOC(=O)c1cc(C(=O)N2CCC(C(=O)N3CCCCCC3)CC2)cc([N+](=O)[O-])c1. The van der Waals surface area contributed by atoms with E-state index in [1.54, 1.807) is 11.8 Å². The number of amides is 2. The number of ether oxygens (including phenoxy) is 1. The van der Waals surface area contributed by atoms with Crippen LogP contribution in [0.1, 0.15) is 66.2 Å². The highest BCUT2D eigenvalue weighted by Gasteiger charge is 2.31. The minimum absolute atomic E-state index is 0.0226. The molecule has 0 radical (unpaired) electrons. The minimum atomic E-state index is -0.706. The first-order valence-corrected chi connectivity index (χ1v) is 11.0. The highest BCUT2D eigenvalue weighted by atomic mass is 16.6. The molecule has 0 N–H and O–H groups in total. The number of benzene rings is 1. The van der Waals surface area contributed by atoms with E-state index in [0.717, 1.165) is 44.8 Å². The number of rotatable bonds is 5. The Hall–Kier alpha value is -2.97. The second-order valence-electron chi connectivity index (χ2n) is 8.05. The van der Waals surface area contributed by atoms with Gasteiger partial charge in [0.15, 0.2) is 0 Å². The van der Waals surface area contributed by atoms with Crippen LogP contribution in [0.2, 0.25) is 0 Å². The number of carbonyl (C=O) groups excluding carboxylic acids is 3. The molecule has 9 nitrogen and oxygen atoms in total. The highest BCUT2D eigenvalue weighted by Crippen LogP contribution is 2.25. The average Bonchev–Trinajstić information content (AvgIpc) is 3.07. The van der Waals surface area contributed by atoms with Gasteiger partial charge >= 0.3 is 5.97 Å². The minimum Gasteiger partial charge on any atom is -0.462 e. The number of piperidine rings is 1. The van der Waals surface area contributed by atoms with E-state index in [1.807, 2.05) is 4.90 Å². The van der Waals surface area contributed by atoms with Crippen molar-refractivity contribution in [3.05, 3.63) is 39.4 Å². The van der Waals surface area contributed by atoms with Gasteiger partial charge in [-0.3, -0.25) is 19.7 Å². The third-order valence-corrected chi connectivity index (χ3v) is 5.94. The lowest BCUT2D eigenvalue weighted by molar-refractivity contribution is -0.384. The van der Waals surface area contributed by atoms with Crippen LogP contribution in [-0.2, 0) is 9.53 Å². The first kappa shape index (κ1) is 22.7. The number of nitro benzene ring substituents is 1. The molecular formula is C22H29N3O6. The molecule has 2 amide bonds. The fraction of sp³-hybridized carbons (Fsp3) is 0.591. The van der Waals surface area contributed by atoms with Crippen molar-refractivity contribution in [1.82, 2.24) is 9.80 Å². The van der Waals surface area contributed by atoms with Crippen molar-refractivity contribution in [1.29, 1.82) is 0 Å². The van der Waals surface area contributed by atoms with E-state index >= 15 is 0 Å². The van der Waals surface area contributed by atoms with Crippen LogP contribution in [-0.4, -0.2) is 65.3 Å². The Morgan fingerprint density at radius 2 is 1.58 bits per heavy atom. The molecule has 9 heteroatoms. The van der Waals surface area contributed by atoms with E-state index in [9.17, 15) is 24.5 Å². The summed E-state index contributed by atoms with van der Waals surface area (Å²) in [6.07, 6.45) is 5.54. The largest absolute Gasteiger partial charge is 0.462 e. The smallest absolute Gasteiger partial charge is 0.338 e. The maximum atomic E-state index is 13.0. The van der Waals surface area contributed by atoms with E-state index in [4.69, 9.17) is 4.74 Å². The van der Waals surface area contributed by atoms with Gasteiger partial charge in [-0.1, -0.05) is 12.8 Å². The van der Waals surface area contributed by atoms with Gasteiger partial charge in [0.1, 0.15) is 0 Å². The molecule has 0 saturated carbocycles. The second-order valence-corrected chi connectivity index (χ2v) is 8.05. The van der Waals surface area contributed by atoms with Crippen LogP contribution in [0.15, 0.2) is 18.2 Å². The molecule has 0 unspecified atom stereocenters. The molecule has 0 aromatic heterocycles. The standard InChI is InChI=1S/C22H29N3O6/c1-2-31-22(28)18-13-17(14-19(15-18)25(29)30)21(27)24-11-7-16(8-12-24)20(26)23-9-5-3-4-6-10-23/h13-16H,2-12H2,1H3. The van der Waals surface area contributed by atoms with E-state index in [0.29, 0.717) is 25.9 Å². The molecule has 3 rings (SSSR count). The van der Waals surface area contributed by atoms with Crippen LogP contribution in [0.5, 0.6) is 0 Å². The van der Waals surface area contributed by atoms with Gasteiger partial charge in [-0.05, 0) is 38.7 Å². The molecule has 2 heterocycles. The molecular weight excluding hydrogens is 402 g/mol. The Balaban J connectivity index is 1.67. The Labute approximate surface area is 181 Å². The average molecular weight is 431 g/mol. The summed E-state index contributed by atoms with van der Waals surface area (Å²) < 4.78 is 4.92. The van der Waals surface area contributed by atoms with Crippen molar-refractivity contribution < 1.29 is 24.0 Å². The normalized spacial score (nSPS) is 17.7. The summed E-state index contributed by atoms with van der Waals surface area (Å²) in [5.74, 6) is -1.01. The number of hydrogen-bond acceptors (Lipinski definition) is 6. The number of likely N-dealkylation sites (tertiary alicyclic amines) is 2. The summed E-state index contributed by atoms with van der Waals surface area (Å²) >= 11 is 0. The highest BCUT2D eigenvalue weighted by molar-refractivity contribution is 5.99. The topological polar surface area (TPSA) is 110 Å². The van der Waals surface area contributed by atoms with Gasteiger partial charge in [0.2, 0.25) is 5.91 Å². The first-order chi connectivity index (χ1) is 14.9. The van der Waals surface area contributed by atoms with Crippen molar-refractivity contribution in [2.45, 2.75) is 45.4 Å². The molecule has 0 spiro atoms. The maximum Gasteiger partial charge on any atom is 0.338 e. The number of nitrogens with zero attached hydrogens (tertiary/aromatic N) is 3. The summed E-state index contributed by atoms with van der Waals surface area (Å²) in [4.78, 5) is 52.1. The van der Waals surface area contributed by atoms with E-state index in [1.165, 1.54) is 12.1 Å². The van der Waals surface area contributed by atoms with Crippen molar-refractivity contribution >= 4 is 23.5 Å². The molecule has 2 aliphatic heterocycles. The van der Waals surface area contributed by atoms with E-state index in [-0.39, 0.29) is 41.2 Å². The molecule has 0 bridgehead atoms. The van der Waals surface area contributed by atoms with Crippen molar-refractivity contribution in [2.24, 2.45) is 5.92 Å². The predicted molar refractivity (Wildman–Crippen MR) is 113 cm³/mol.